The van der Waals surface area contributed by atoms with Crippen molar-refractivity contribution in [3.8, 4) is 11.5 Å². The van der Waals surface area contributed by atoms with Crippen molar-refractivity contribution in [2.45, 2.75) is 32.0 Å². The lowest BCUT2D eigenvalue weighted by molar-refractivity contribution is -0.146. The normalized spacial score (nSPS) is 20.7. The summed E-state index contributed by atoms with van der Waals surface area (Å²) in [5, 5.41) is 9.92. The monoisotopic (exact) mass is 335 g/mol. The zero-order valence-corrected chi connectivity index (χ0v) is 14.4. The van der Waals surface area contributed by atoms with Crippen LogP contribution in [-0.4, -0.2) is 55.5 Å². The third-order valence-corrected chi connectivity index (χ3v) is 3.97. The number of aliphatic hydroxyl groups is 1. The molecule has 0 aliphatic carbocycles. The molecule has 1 aromatic rings. The first-order valence-electron chi connectivity index (χ1n) is 7.89. The van der Waals surface area contributed by atoms with Crippen LogP contribution in [-0.2, 0) is 16.1 Å². The smallest absolute Gasteiger partial charge is 0.323 e. The summed E-state index contributed by atoms with van der Waals surface area (Å²) >= 11 is 0. The predicted molar refractivity (Wildman–Crippen MR) is 90.1 cm³/mol. The maximum absolute atomic E-state index is 11.9. The van der Waals surface area contributed by atoms with Gasteiger partial charge in [-0.15, -0.1) is 0 Å². The van der Waals surface area contributed by atoms with Gasteiger partial charge in [0.05, 0.1) is 20.3 Å². The quantitative estimate of drug-likeness (QED) is 0.605. The number of hydrogen-bond donors (Lipinski definition) is 1. The molecule has 2 rings (SSSR count). The van der Waals surface area contributed by atoms with Crippen molar-refractivity contribution in [2.24, 2.45) is 0 Å². The zero-order valence-electron chi connectivity index (χ0n) is 14.4. The number of benzene rings is 1. The largest absolute Gasteiger partial charge is 0.493 e. The molecule has 24 heavy (non-hydrogen) atoms. The maximum atomic E-state index is 11.9. The molecule has 1 N–H and O–H groups in total. The highest BCUT2D eigenvalue weighted by Crippen LogP contribution is 2.34. The van der Waals surface area contributed by atoms with Crippen molar-refractivity contribution in [3.05, 3.63) is 35.9 Å². The number of nitrogens with zero attached hydrogens (tertiary/aromatic N) is 1. The Morgan fingerprint density at radius 3 is 2.79 bits per heavy atom. The van der Waals surface area contributed by atoms with E-state index >= 15 is 0 Å². The van der Waals surface area contributed by atoms with Gasteiger partial charge in [0.25, 0.3) is 0 Å². The Bertz CT molecular complexity index is 601. The van der Waals surface area contributed by atoms with Gasteiger partial charge in [-0.3, -0.25) is 9.69 Å². The Morgan fingerprint density at radius 2 is 2.17 bits per heavy atom. The van der Waals surface area contributed by atoms with Crippen molar-refractivity contribution in [3.63, 3.8) is 0 Å². The van der Waals surface area contributed by atoms with Crippen LogP contribution in [0.3, 0.4) is 0 Å². The average Bonchev–Trinajstić information content (AvgIpc) is 2.92. The van der Waals surface area contributed by atoms with Crippen LogP contribution in [0.2, 0.25) is 0 Å². The Kier molecular flexibility index (Phi) is 6.23. The van der Waals surface area contributed by atoms with Gasteiger partial charge in [0.2, 0.25) is 0 Å². The standard InChI is InChI=1S/C18H25NO5/c1-12(2)11-24-17-13(6-5-7-16(17)22-3)9-19-10-14(20)8-15(19)18(21)23-4/h5-7,14-15,20H,1,8-11H2,2-4H3/t14-,15+/m0/s1. The second-order valence-corrected chi connectivity index (χ2v) is 6.05. The molecule has 0 amide bonds. The van der Waals surface area contributed by atoms with Gasteiger partial charge in [0.15, 0.2) is 11.5 Å². The molecule has 1 aromatic carbocycles. The van der Waals surface area contributed by atoms with E-state index in [9.17, 15) is 9.90 Å². The number of methoxy groups -OCH3 is 2. The molecule has 0 spiro atoms. The molecule has 1 aliphatic heterocycles. The highest BCUT2D eigenvalue weighted by molar-refractivity contribution is 5.76. The molecule has 2 atom stereocenters. The van der Waals surface area contributed by atoms with Crippen LogP contribution in [0, 0.1) is 0 Å². The maximum Gasteiger partial charge on any atom is 0.323 e. The number of carbonyl (C=O) groups is 1. The summed E-state index contributed by atoms with van der Waals surface area (Å²) in [7, 11) is 2.95. The minimum atomic E-state index is -0.542. The molecule has 1 saturated heterocycles. The summed E-state index contributed by atoms with van der Waals surface area (Å²) in [4.78, 5) is 13.8. The van der Waals surface area contributed by atoms with E-state index in [0.29, 0.717) is 37.6 Å². The van der Waals surface area contributed by atoms with E-state index in [4.69, 9.17) is 14.2 Å². The second kappa shape index (κ2) is 8.17. The number of hydrogen-bond acceptors (Lipinski definition) is 6. The first-order chi connectivity index (χ1) is 11.5. The number of ether oxygens (including phenoxy) is 3. The Balaban J connectivity index is 2.24. The van der Waals surface area contributed by atoms with Gasteiger partial charge in [-0.2, -0.15) is 0 Å². The fraction of sp³-hybridized carbons (Fsp3) is 0.500. The molecule has 0 aromatic heterocycles. The number of likely N-dealkylation sites (tertiary alicyclic amines) is 1. The van der Waals surface area contributed by atoms with Crippen molar-refractivity contribution in [2.75, 3.05) is 27.4 Å². The minimum Gasteiger partial charge on any atom is -0.493 e. The van der Waals surface area contributed by atoms with Crippen LogP contribution in [0.25, 0.3) is 0 Å². The Labute approximate surface area is 142 Å². The SMILES string of the molecule is C=C(C)COc1c(CN2C[C@@H](O)C[C@@H]2C(=O)OC)cccc1OC. The van der Waals surface area contributed by atoms with Crippen LogP contribution >= 0.6 is 0 Å². The van der Waals surface area contributed by atoms with Gasteiger partial charge in [-0.05, 0) is 18.6 Å². The van der Waals surface area contributed by atoms with E-state index in [0.717, 1.165) is 11.1 Å². The van der Waals surface area contributed by atoms with E-state index in [2.05, 4.69) is 6.58 Å². The molecule has 1 fully saturated rings. The summed E-state index contributed by atoms with van der Waals surface area (Å²) in [6, 6.07) is 5.18. The van der Waals surface area contributed by atoms with Gasteiger partial charge in [-0.1, -0.05) is 18.7 Å². The van der Waals surface area contributed by atoms with Crippen LogP contribution in [0.1, 0.15) is 18.9 Å². The lowest BCUT2D eigenvalue weighted by Crippen LogP contribution is -2.36. The van der Waals surface area contributed by atoms with Gasteiger partial charge in [-0.25, -0.2) is 0 Å². The van der Waals surface area contributed by atoms with Gasteiger partial charge in [0.1, 0.15) is 12.6 Å². The molecule has 0 radical (unpaired) electrons. The van der Waals surface area contributed by atoms with Gasteiger partial charge < -0.3 is 19.3 Å². The molecule has 0 unspecified atom stereocenters. The van der Waals surface area contributed by atoms with E-state index in [-0.39, 0.29) is 5.97 Å². The second-order valence-electron chi connectivity index (χ2n) is 6.05. The van der Waals surface area contributed by atoms with Crippen molar-refractivity contribution in [1.82, 2.24) is 4.90 Å². The number of rotatable bonds is 7. The summed E-state index contributed by atoms with van der Waals surface area (Å²) in [6.45, 7) is 6.99. The lowest BCUT2D eigenvalue weighted by Gasteiger charge is -2.24. The van der Waals surface area contributed by atoms with Crippen LogP contribution in [0.15, 0.2) is 30.4 Å². The van der Waals surface area contributed by atoms with Crippen molar-refractivity contribution in [1.29, 1.82) is 0 Å². The van der Waals surface area contributed by atoms with Gasteiger partial charge >= 0.3 is 5.97 Å². The number of para-hydroxylation sites is 1. The summed E-state index contributed by atoms with van der Waals surface area (Å²) in [5.74, 6) is 0.926. The van der Waals surface area contributed by atoms with E-state index in [1.807, 2.05) is 30.0 Å². The highest BCUT2D eigenvalue weighted by atomic mass is 16.5. The van der Waals surface area contributed by atoms with Crippen molar-refractivity contribution < 1.29 is 24.1 Å². The Hall–Kier alpha value is -2.05. The third-order valence-electron chi connectivity index (χ3n) is 3.97. The van der Waals surface area contributed by atoms with E-state index in [1.165, 1.54) is 7.11 Å². The number of carbonyl (C=O) groups excluding carboxylic acids is 1. The van der Waals surface area contributed by atoms with E-state index < -0.39 is 12.1 Å². The molecule has 6 nitrogen and oxygen atoms in total. The van der Waals surface area contributed by atoms with Crippen LogP contribution < -0.4 is 9.47 Å². The minimum absolute atomic E-state index is 0.334. The molecule has 0 saturated carbocycles. The van der Waals surface area contributed by atoms with Crippen molar-refractivity contribution >= 4 is 5.97 Å². The number of β-amino-alcohol motifs (C(OH)–C–C–N with tert-alkyl or cyclic N) is 1. The molecule has 0 bridgehead atoms. The number of esters is 1. The topological polar surface area (TPSA) is 68.2 Å². The molecule has 1 heterocycles. The molecule has 132 valence electrons. The molecular formula is C18H25NO5. The summed E-state index contributed by atoms with van der Waals surface area (Å²) in [5.41, 5.74) is 1.79. The predicted octanol–water partition coefficient (Wildman–Crippen LogP) is 1.76. The first kappa shape index (κ1) is 18.3. The fourth-order valence-corrected chi connectivity index (χ4v) is 2.86. The lowest BCUT2D eigenvalue weighted by atomic mass is 10.1. The molecule has 1 aliphatic rings. The summed E-state index contributed by atoms with van der Waals surface area (Å²) < 4.78 is 16.1. The van der Waals surface area contributed by atoms with E-state index in [1.54, 1.807) is 7.11 Å². The Morgan fingerprint density at radius 1 is 1.42 bits per heavy atom. The molecular weight excluding hydrogens is 310 g/mol. The highest BCUT2D eigenvalue weighted by Gasteiger charge is 2.37. The fourth-order valence-electron chi connectivity index (χ4n) is 2.86. The van der Waals surface area contributed by atoms with Crippen LogP contribution in [0.4, 0.5) is 0 Å². The first-order valence-corrected chi connectivity index (χ1v) is 7.89. The van der Waals surface area contributed by atoms with Gasteiger partial charge in [0, 0.05) is 25.1 Å². The summed E-state index contributed by atoms with van der Waals surface area (Å²) in [6.07, 6.45) is -0.169. The van der Waals surface area contributed by atoms with Crippen LogP contribution in [0.5, 0.6) is 11.5 Å². The third kappa shape index (κ3) is 4.27. The zero-order chi connectivity index (χ0) is 17.7. The number of aliphatic hydroxyl groups excluding tert-OH is 1. The average molecular weight is 335 g/mol. The molecule has 6 heteroatoms.